The number of halogens is 3. The van der Waals surface area contributed by atoms with Gasteiger partial charge in [0.1, 0.15) is 13.1 Å². The zero-order valence-electron chi connectivity index (χ0n) is 10.4. The van der Waals surface area contributed by atoms with Crippen LogP contribution in [0.3, 0.4) is 0 Å². The molecule has 1 aromatic carbocycles. The first-order valence-electron chi connectivity index (χ1n) is 5.52. The third-order valence-corrected chi connectivity index (χ3v) is 2.40. The zero-order valence-corrected chi connectivity index (χ0v) is 10.4. The van der Waals surface area contributed by atoms with Gasteiger partial charge in [0.25, 0.3) is 5.91 Å². The first-order valence-corrected chi connectivity index (χ1v) is 5.52. The molecule has 1 rings (SSSR count). The summed E-state index contributed by atoms with van der Waals surface area (Å²) < 4.78 is 38.4. The number of nitrogens with zero attached hydrogens (tertiary/aromatic N) is 1. The lowest BCUT2D eigenvalue weighted by molar-refractivity contribution is -0.140. The molecule has 1 amide bonds. The molecule has 0 aromatic heterocycles. The van der Waals surface area contributed by atoms with E-state index in [0.29, 0.717) is 11.0 Å². The van der Waals surface area contributed by atoms with Gasteiger partial charge >= 0.3 is 18.1 Å². The molecule has 0 aliphatic rings. The Balaban J connectivity index is 3.20. The van der Waals surface area contributed by atoms with Crippen LogP contribution in [0.4, 0.5) is 13.2 Å². The van der Waals surface area contributed by atoms with E-state index < -0.39 is 48.2 Å². The topological polar surface area (TPSA) is 94.9 Å². The molecule has 0 bridgehead atoms. The number of carbonyl (C=O) groups excluding carboxylic acids is 1. The standard InChI is InChI=1S/C12H10F3NO5/c13-12(14,15)8-4-2-1-3-7(8)11(21)16(5-9(17)18)6-10(19)20/h1-4H,5-6H2,(H,17,18)(H,19,20). The molecule has 6 nitrogen and oxygen atoms in total. The first-order chi connectivity index (χ1) is 9.62. The maximum absolute atomic E-state index is 12.8. The largest absolute Gasteiger partial charge is 0.480 e. The van der Waals surface area contributed by atoms with Crippen molar-refractivity contribution >= 4 is 17.8 Å². The van der Waals surface area contributed by atoms with Crippen molar-refractivity contribution in [2.45, 2.75) is 6.18 Å². The summed E-state index contributed by atoms with van der Waals surface area (Å²) >= 11 is 0. The molecular formula is C12H10F3NO5. The molecule has 0 saturated carbocycles. The second-order valence-electron chi connectivity index (χ2n) is 3.99. The van der Waals surface area contributed by atoms with Crippen molar-refractivity contribution in [1.82, 2.24) is 4.90 Å². The predicted octanol–water partition coefficient (Wildman–Crippen LogP) is 1.32. The van der Waals surface area contributed by atoms with E-state index in [-0.39, 0.29) is 0 Å². The summed E-state index contributed by atoms with van der Waals surface area (Å²) in [5, 5.41) is 17.2. The molecule has 0 unspecified atom stereocenters. The number of hydrogen-bond acceptors (Lipinski definition) is 3. The second-order valence-corrected chi connectivity index (χ2v) is 3.99. The van der Waals surface area contributed by atoms with Crippen molar-refractivity contribution in [3.63, 3.8) is 0 Å². The molecule has 1 aromatic rings. The van der Waals surface area contributed by atoms with Crippen molar-refractivity contribution < 1.29 is 37.8 Å². The molecule has 0 atom stereocenters. The Morgan fingerprint density at radius 3 is 1.90 bits per heavy atom. The molecule has 21 heavy (non-hydrogen) atoms. The van der Waals surface area contributed by atoms with E-state index in [2.05, 4.69) is 0 Å². The SMILES string of the molecule is O=C(O)CN(CC(=O)O)C(=O)c1ccccc1C(F)(F)F. The summed E-state index contributed by atoms with van der Waals surface area (Å²) in [7, 11) is 0. The minimum atomic E-state index is -4.82. The summed E-state index contributed by atoms with van der Waals surface area (Å²) in [6, 6.07) is 3.76. The van der Waals surface area contributed by atoms with Crippen LogP contribution in [0.2, 0.25) is 0 Å². The van der Waals surface area contributed by atoms with E-state index in [1.807, 2.05) is 0 Å². The molecule has 9 heteroatoms. The van der Waals surface area contributed by atoms with Gasteiger partial charge in [-0.1, -0.05) is 12.1 Å². The Kier molecular flexibility index (Phi) is 4.90. The van der Waals surface area contributed by atoms with Crippen LogP contribution in [-0.2, 0) is 15.8 Å². The van der Waals surface area contributed by atoms with Crippen LogP contribution >= 0.6 is 0 Å². The van der Waals surface area contributed by atoms with E-state index in [9.17, 15) is 27.6 Å². The number of rotatable bonds is 5. The smallest absolute Gasteiger partial charge is 0.417 e. The highest BCUT2D eigenvalue weighted by atomic mass is 19.4. The van der Waals surface area contributed by atoms with E-state index in [4.69, 9.17) is 10.2 Å². The van der Waals surface area contributed by atoms with Gasteiger partial charge < -0.3 is 15.1 Å². The number of carboxylic acids is 2. The highest BCUT2D eigenvalue weighted by Gasteiger charge is 2.36. The van der Waals surface area contributed by atoms with Crippen molar-refractivity contribution in [1.29, 1.82) is 0 Å². The monoisotopic (exact) mass is 305 g/mol. The van der Waals surface area contributed by atoms with Crippen LogP contribution in [0, 0.1) is 0 Å². The molecule has 0 saturated heterocycles. The Morgan fingerprint density at radius 2 is 1.48 bits per heavy atom. The number of hydrogen-bond donors (Lipinski definition) is 2. The Hall–Kier alpha value is -2.58. The van der Waals surface area contributed by atoms with Gasteiger partial charge in [0.15, 0.2) is 0 Å². The molecule has 114 valence electrons. The molecule has 0 fully saturated rings. The minimum absolute atomic E-state index is 0.315. The zero-order chi connectivity index (χ0) is 16.2. The van der Waals surface area contributed by atoms with Gasteiger partial charge in [-0.05, 0) is 12.1 Å². The van der Waals surface area contributed by atoms with E-state index in [0.717, 1.165) is 12.1 Å². The van der Waals surface area contributed by atoms with Crippen LogP contribution in [0.15, 0.2) is 24.3 Å². The average molecular weight is 305 g/mol. The Labute approximate surface area is 116 Å². The van der Waals surface area contributed by atoms with Gasteiger partial charge in [0.05, 0.1) is 11.1 Å². The molecule has 0 aliphatic heterocycles. The quantitative estimate of drug-likeness (QED) is 0.855. The van der Waals surface area contributed by atoms with Gasteiger partial charge in [-0.3, -0.25) is 14.4 Å². The Morgan fingerprint density at radius 1 is 1.00 bits per heavy atom. The van der Waals surface area contributed by atoms with E-state index in [1.54, 1.807) is 0 Å². The fourth-order valence-electron chi connectivity index (χ4n) is 1.61. The second kappa shape index (κ2) is 6.25. The number of carboxylic acid groups (broad SMARTS) is 2. The number of amides is 1. The van der Waals surface area contributed by atoms with Gasteiger partial charge in [-0.2, -0.15) is 13.2 Å². The normalized spacial score (nSPS) is 11.0. The molecule has 0 aliphatic carbocycles. The first kappa shape index (κ1) is 16.5. The summed E-state index contributed by atoms with van der Waals surface area (Å²) in [5.41, 5.74) is -2.05. The number of aliphatic carboxylic acids is 2. The van der Waals surface area contributed by atoms with E-state index in [1.165, 1.54) is 6.07 Å². The highest BCUT2D eigenvalue weighted by molar-refractivity contribution is 5.98. The lowest BCUT2D eigenvalue weighted by Crippen LogP contribution is -2.40. The molecule has 0 spiro atoms. The highest BCUT2D eigenvalue weighted by Crippen LogP contribution is 2.32. The number of carbonyl (C=O) groups is 3. The van der Waals surface area contributed by atoms with Crippen LogP contribution in [0.5, 0.6) is 0 Å². The summed E-state index contributed by atoms with van der Waals surface area (Å²) in [4.78, 5) is 33.5. The van der Waals surface area contributed by atoms with Crippen LogP contribution in [-0.4, -0.2) is 46.0 Å². The van der Waals surface area contributed by atoms with Crippen LogP contribution in [0.25, 0.3) is 0 Å². The van der Waals surface area contributed by atoms with Gasteiger partial charge in [0.2, 0.25) is 0 Å². The fourth-order valence-corrected chi connectivity index (χ4v) is 1.61. The van der Waals surface area contributed by atoms with Crippen LogP contribution in [0.1, 0.15) is 15.9 Å². The van der Waals surface area contributed by atoms with Crippen molar-refractivity contribution in [2.24, 2.45) is 0 Å². The maximum atomic E-state index is 12.8. The van der Waals surface area contributed by atoms with Gasteiger partial charge in [-0.25, -0.2) is 0 Å². The predicted molar refractivity (Wildman–Crippen MR) is 62.6 cm³/mol. The summed E-state index contributed by atoms with van der Waals surface area (Å²) in [5.74, 6) is -4.38. The lowest BCUT2D eigenvalue weighted by Gasteiger charge is -2.20. The van der Waals surface area contributed by atoms with Crippen molar-refractivity contribution in [3.8, 4) is 0 Å². The lowest BCUT2D eigenvalue weighted by atomic mass is 10.1. The van der Waals surface area contributed by atoms with E-state index >= 15 is 0 Å². The summed E-state index contributed by atoms with van der Waals surface area (Å²) in [6.45, 7) is -2.03. The number of benzene rings is 1. The molecule has 0 radical (unpaired) electrons. The minimum Gasteiger partial charge on any atom is -0.480 e. The molecular weight excluding hydrogens is 295 g/mol. The number of alkyl halides is 3. The fraction of sp³-hybridized carbons (Fsp3) is 0.250. The third-order valence-electron chi connectivity index (χ3n) is 2.40. The molecule has 0 heterocycles. The van der Waals surface area contributed by atoms with Gasteiger partial charge in [-0.15, -0.1) is 0 Å². The summed E-state index contributed by atoms with van der Waals surface area (Å²) in [6.07, 6.45) is -4.82. The average Bonchev–Trinajstić information content (AvgIpc) is 2.35. The molecule has 2 N–H and O–H groups in total. The van der Waals surface area contributed by atoms with Crippen molar-refractivity contribution in [3.05, 3.63) is 35.4 Å². The third kappa shape index (κ3) is 4.48. The van der Waals surface area contributed by atoms with Gasteiger partial charge in [0, 0.05) is 0 Å². The maximum Gasteiger partial charge on any atom is 0.417 e. The Bertz CT molecular complexity index is 554. The van der Waals surface area contributed by atoms with Crippen LogP contribution < -0.4 is 0 Å². The van der Waals surface area contributed by atoms with Crippen molar-refractivity contribution in [2.75, 3.05) is 13.1 Å².